The maximum absolute atomic E-state index is 12.5. The second kappa shape index (κ2) is 14.0. The molecule has 1 aromatic heterocycles. The van der Waals surface area contributed by atoms with Crippen LogP contribution in [-0.4, -0.2) is 17.9 Å². The standard InChI is InChI=1S/C24H33N4O2.W/c1-17(2)14-18(3)10-6-9-13-23(29)27-22-15-20(30-25-5)16-26-24(22)28-21-12-8-7-11-19(21)4;/h7-8,11-12,15-16,18H,1,6,9-10,13-14H2,2-5H3,(H,26,28)(H,27,29);/q-1;. The maximum Gasteiger partial charge on any atom is 0.224 e. The molecule has 2 aromatic rings. The first-order chi connectivity index (χ1) is 14.4. The molecule has 0 bridgehead atoms. The van der Waals surface area contributed by atoms with Crippen LogP contribution in [-0.2, 0) is 25.9 Å². The number of hydroxylamine groups is 1. The van der Waals surface area contributed by atoms with Crippen LogP contribution >= 0.6 is 0 Å². The van der Waals surface area contributed by atoms with Gasteiger partial charge in [-0.3, -0.25) is 4.79 Å². The molecule has 0 fully saturated rings. The summed E-state index contributed by atoms with van der Waals surface area (Å²) in [5.41, 5.74) is 7.47. The average molecular weight is 593 g/mol. The maximum atomic E-state index is 12.5. The van der Waals surface area contributed by atoms with Crippen molar-refractivity contribution in [2.45, 2.75) is 52.9 Å². The molecule has 1 heterocycles. The SMILES string of the molecule is C=C(C)CC(C)CCCCC(=O)Nc1cc(O[N-]C)cnc1Nc1ccccc1C.[W]. The zero-order chi connectivity index (χ0) is 21.9. The quantitative estimate of drug-likeness (QED) is 0.167. The Bertz CT molecular complexity index is 857. The molecule has 0 radical (unpaired) electrons. The van der Waals surface area contributed by atoms with Gasteiger partial charge in [-0.25, -0.2) is 4.98 Å². The molecular formula is C24H33N4O2W-. The third-order valence-electron chi connectivity index (χ3n) is 4.78. The van der Waals surface area contributed by atoms with E-state index in [2.05, 4.69) is 41.5 Å². The van der Waals surface area contributed by atoms with Crippen molar-refractivity contribution in [2.75, 3.05) is 17.7 Å². The number of carbonyl (C=O) groups excluding carboxylic acids is 1. The number of amides is 1. The number of carbonyl (C=O) groups is 1. The van der Waals surface area contributed by atoms with Gasteiger partial charge >= 0.3 is 0 Å². The van der Waals surface area contributed by atoms with Gasteiger partial charge in [0.15, 0.2) is 5.82 Å². The van der Waals surface area contributed by atoms with Crippen LogP contribution in [0.15, 0.2) is 48.7 Å². The molecule has 0 aliphatic rings. The summed E-state index contributed by atoms with van der Waals surface area (Å²) >= 11 is 0. The number of aryl methyl sites for hydroxylation is 1. The van der Waals surface area contributed by atoms with E-state index in [1.54, 1.807) is 19.3 Å². The van der Waals surface area contributed by atoms with Crippen LogP contribution in [0.4, 0.5) is 17.2 Å². The monoisotopic (exact) mass is 593 g/mol. The Balaban J connectivity index is 0.00000480. The number of aromatic nitrogens is 1. The molecule has 1 unspecified atom stereocenters. The van der Waals surface area contributed by atoms with E-state index in [1.807, 2.05) is 31.2 Å². The van der Waals surface area contributed by atoms with Crippen molar-refractivity contribution in [2.24, 2.45) is 5.92 Å². The predicted molar refractivity (Wildman–Crippen MR) is 124 cm³/mol. The molecule has 7 heteroatoms. The molecule has 168 valence electrons. The molecule has 1 amide bonds. The first-order valence-electron chi connectivity index (χ1n) is 10.4. The number of anilines is 3. The average Bonchev–Trinajstić information content (AvgIpc) is 2.68. The molecular weight excluding hydrogens is 560 g/mol. The van der Waals surface area contributed by atoms with Crippen LogP contribution in [0.25, 0.3) is 5.48 Å². The van der Waals surface area contributed by atoms with Crippen LogP contribution < -0.4 is 15.5 Å². The minimum atomic E-state index is -0.0391. The number of pyridine rings is 1. The summed E-state index contributed by atoms with van der Waals surface area (Å²) in [7, 11) is 1.55. The van der Waals surface area contributed by atoms with Crippen molar-refractivity contribution in [1.82, 2.24) is 4.98 Å². The number of rotatable bonds is 12. The molecule has 0 spiro atoms. The van der Waals surface area contributed by atoms with Crippen molar-refractivity contribution < 1.29 is 30.7 Å². The Morgan fingerprint density at radius 1 is 1.26 bits per heavy atom. The van der Waals surface area contributed by atoms with Crippen LogP contribution in [0.2, 0.25) is 0 Å². The molecule has 0 aliphatic heterocycles. The third kappa shape index (κ3) is 9.66. The van der Waals surface area contributed by atoms with Crippen molar-refractivity contribution in [3.8, 4) is 5.75 Å². The van der Waals surface area contributed by atoms with Gasteiger partial charge in [-0.05, 0) is 44.2 Å². The van der Waals surface area contributed by atoms with Gasteiger partial charge < -0.3 is 21.0 Å². The molecule has 2 N–H and O–H groups in total. The van der Waals surface area contributed by atoms with E-state index in [9.17, 15) is 4.79 Å². The van der Waals surface area contributed by atoms with E-state index in [0.717, 1.165) is 36.9 Å². The van der Waals surface area contributed by atoms with Gasteiger partial charge in [0.05, 0.1) is 11.9 Å². The van der Waals surface area contributed by atoms with E-state index in [-0.39, 0.29) is 27.0 Å². The van der Waals surface area contributed by atoms with E-state index in [4.69, 9.17) is 4.84 Å². The van der Waals surface area contributed by atoms with Crippen molar-refractivity contribution in [3.63, 3.8) is 0 Å². The Morgan fingerprint density at radius 3 is 2.68 bits per heavy atom. The second-order valence-electron chi connectivity index (χ2n) is 7.84. The minimum absolute atomic E-state index is 0. The summed E-state index contributed by atoms with van der Waals surface area (Å²) in [5.74, 6) is 1.60. The van der Waals surface area contributed by atoms with Crippen molar-refractivity contribution >= 4 is 23.1 Å². The summed E-state index contributed by atoms with van der Waals surface area (Å²) in [6, 6.07) is 9.65. The number of para-hydroxylation sites is 1. The zero-order valence-corrected chi connectivity index (χ0v) is 21.8. The summed E-state index contributed by atoms with van der Waals surface area (Å²) < 4.78 is 0. The number of allylic oxidation sites excluding steroid dienone is 1. The molecule has 1 aromatic carbocycles. The molecule has 0 aliphatic carbocycles. The fourth-order valence-corrected chi connectivity index (χ4v) is 3.32. The van der Waals surface area contributed by atoms with E-state index < -0.39 is 0 Å². The Hall–Kier alpha value is -2.17. The first-order valence-corrected chi connectivity index (χ1v) is 10.4. The second-order valence-corrected chi connectivity index (χ2v) is 7.84. The molecule has 0 saturated carbocycles. The van der Waals surface area contributed by atoms with E-state index in [1.165, 1.54) is 5.57 Å². The topological polar surface area (TPSA) is 77.3 Å². The molecule has 1 atom stereocenters. The van der Waals surface area contributed by atoms with Gasteiger partial charge in [0.25, 0.3) is 0 Å². The Morgan fingerprint density at radius 2 is 2.00 bits per heavy atom. The summed E-state index contributed by atoms with van der Waals surface area (Å²) in [6.45, 7) is 10.3. The molecule has 0 saturated heterocycles. The Labute approximate surface area is 200 Å². The van der Waals surface area contributed by atoms with E-state index in [0.29, 0.717) is 29.6 Å². The molecule has 31 heavy (non-hydrogen) atoms. The zero-order valence-electron chi connectivity index (χ0n) is 18.9. The molecule has 2 rings (SSSR count). The van der Waals surface area contributed by atoms with Gasteiger partial charge in [0, 0.05) is 39.2 Å². The van der Waals surface area contributed by atoms with Crippen molar-refractivity contribution in [3.05, 3.63) is 59.7 Å². The van der Waals surface area contributed by atoms with Gasteiger partial charge in [0.1, 0.15) is 5.75 Å². The fourth-order valence-electron chi connectivity index (χ4n) is 3.32. The number of benzene rings is 1. The summed E-state index contributed by atoms with van der Waals surface area (Å²) in [4.78, 5) is 22.1. The minimum Gasteiger partial charge on any atom is -0.586 e. The van der Waals surface area contributed by atoms with Crippen LogP contribution in [0.3, 0.4) is 0 Å². The van der Waals surface area contributed by atoms with Crippen LogP contribution in [0, 0.1) is 12.8 Å². The number of hydrogen-bond donors (Lipinski definition) is 2. The van der Waals surface area contributed by atoms with Gasteiger partial charge in [-0.1, -0.05) is 43.5 Å². The summed E-state index contributed by atoms with van der Waals surface area (Å²) in [6.07, 6.45) is 6.05. The van der Waals surface area contributed by atoms with Gasteiger partial charge in [0.2, 0.25) is 5.91 Å². The largest absolute Gasteiger partial charge is 0.586 e. The first kappa shape index (κ1) is 26.9. The van der Waals surface area contributed by atoms with Crippen molar-refractivity contribution in [1.29, 1.82) is 0 Å². The number of nitrogens with zero attached hydrogens (tertiary/aromatic N) is 2. The van der Waals surface area contributed by atoms with Gasteiger partial charge in [-0.15, -0.1) is 13.6 Å². The van der Waals surface area contributed by atoms with Crippen LogP contribution in [0.5, 0.6) is 5.75 Å². The number of nitrogens with one attached hydrogen (secondary N) is 2. The summed E-state index contributed by atoms with van der Waals surface area (Å²) in [5, 5.41) is 6.27. The molecule has 6 nitrogen and oxygen atoms in total. The number of unbranched alkanes of at least 4 members (excludes halogenated alkanes) is 1. The van der Waals surface area contributed by atoms with Gasteiger partial charge in [-0.2, -0.15) is 0 Å². The third-order valence-corrected chi connectivity index (χ3v) is 4.78. The smallest absolute Gasteiger partial charge is 0.224 e. The number of hydrogen-bond acceptors (Lipinski definition) is 4. The predicted octanol–water partition coefficient (Wildman–Crippen LogP) is 6.53. The Kier molecular flexibility index (Phi) is 12.1. The van der Waals surface area contributed by atoms with E-state index >= 15 is 0 Å². The van der Waals surface area contributed by atoms with Crippen LogP contribution in [0.1, 0.15) is 51.5 Å². The fraction of sp³-hybridized carbons (Fsp3) is 0.417. The normalized spacial score (nSPS) is 11.2.